The predicted octanol–water partition coefficient (Wildman–Crippen LogP) is 3.06. The van der Waals surface area contributed by atoms with Crippen LogP contribution in [0.1, 0.15) is 12.0 Å². The van der Waals surface area contributed by atoms with Gasteiger partial charge in [-0.2, -0.15) is 13.2 Å². The summed E-state index contributed by atoms with van der Waals surface area (Å²) in [4.78, 5) is 5.75. The minimum Gasteiger partial charge on any atom is -0.353 e. The molecule has 1 saturated heterocycles. The van der Waals surface area contributed by atoms with Crippen LogP contribution in [0.2, 0.25) is 0 Å². The van der Waals surface area contributed by atoms with Gasteiger partial charge in [-0.25, -0.2) is 13.2 Å². The molecule has 0 aromatic heterocycles. The Morgan fingerprint density at radius 1 is 1.21 bits per heavy atom. The zero-order valence-corrected chi connectivity index (χ0v) is 15.7. The molecule has 1 unspecified atom stereocenters. The lowest BCUT2D eigenvalue weighted by Gasteiger charge is -2.39. The number of alkyl halides is 3. The van der Waals surface area contributed by atoms with Gasteiger partial charge in [-0.3, -0.25) is 10.4 Å². The molecule has 0 aliphatic carbocycles. The second-order valence-electron chi connectivity index (χ2n) is 6.66. The average molecular weight is 421 g/mol. The third kappa shape index (κ3) is 5.49. The number of halogens is 6. The fourth-order valence-electron chi connectivity index (χ4n) is 3.10. The van der Waals surface area contributed by atoms with Crippen molar-refractivity contribution in [1.29, 1.82) is 5.41 Å². The number of piperazine rings is 1. The fraction of sp³-hybridized carbons (Fsp3) is 0.444. The highest BCUT2D eigenvalue weighted by Crippen LogP contribution is 2.25. The zero-order valence-electron chi connectivity index (χ0n) is 15.7. The van der Waals surface area contributed by atoms with E-state index in [4.69, 9.17) is 11.1 Å². The van der Waals surface area contributed by atoms with Crippen molar-refractivity contribution in [3.63, 3.8) is 0 Å². The second kappa shape index (κ2) is 8.85. The first-order valence-corrected chi connectivity index (χ1v) is 8.64. The van der Waals surface area contributed by atoms with E-state index in [-0.39, 0.29) is 49.6 Å². The SMILES string of the molecule is C=C1CN(C(=N)CC(N)Cc2cc(F)c(F)cc2F)CCN1C(=NC)C(F)(F)F. The van der Waals surface area contributed by atoms with Crippen molar-refractivity contribution < 1.29 is 26.3 Å². The highest BCUT2D eigenvalue weighted by Gasteiger charge is 2.41. The van der Waals surface area contributed by atoms with E-state index in [0.29, 0.717) is 6.07 Å². The molecule has 3 N–H and O–H groups in total. The molecule has 1 aromatic rings. The molecule has 0 spiro atoms. The molecule has 1 fully saturated rings. The van der Waals surface area contributed by atoms with Gasteiger partial charge in [0.2, 0.25) is 5.84 Å². The van der Waals surface area contributed by atoms with Crippen LogP contribution in [0.4, 0.5) is 26.3 Å². The summed E-state index contributed by atoms with van der Waals surface area (Å²) in [5.41, 5.74) is 5.91. The van der Waals surface area contributed by atoms with Gasteiger partial charge < -0.3 is 15.5 Å². The Morgan fingerprint density at radius 3 is 2.38 bits per heavy atom. The van der Waals surface area contributed by atoms with Gasteiger partial charge in [0.25, 0.3) is 0 Å². The van der Waals surface area contributed by atoms with Gasteiger partial charge in [0.1, 0.15) is 5.82 Å². The molecule has 1 heterocycles. The van der Waals surface area contributed by atoms with Gasteiger partial charge in [-0.15, -0.1) is 0 Å². The Labute approximate surface area is 164 Å². The summed E-state index contributed by atoms with van der Waals surface area (Å²) < 4.78 is 79.1. The van der Waals surface area contributed by atoms with Gasteiger partial charge in [-0.1, -0.05) is 6.58 Å². The highest BCUT2D eigenvalue weighted by atomic mass is 19.4. The van der Waals surface area contributed by atoms with Crippen molar-refractivity contribution in [2.24, 2.45) is 10.7 Å². The van der Waals surface area contributed by atoms with Crippen molar-refractivity contribution >= 4 is 11.7 Å². The highest BCUT2D eigenvalue weighted by molar-refractivity contribution is 5.89. The molecule has 0 bridgehead atoms. The second-order valence-corrected chi connectivity index (χ2v) is 6.66. The molecule has 2 rings (SSSR count). The maximum absolute atomic E-state index is 13.7. The van der Waals surface area contributed by atoms with Crippen molar-refractivity contribution in [1.82, 2.24) is 9.80 Å². The summed E-state index contributed by atoms with van der Waals surface area (Å²) >= 11 is 0. The van der Waals surface area contributed by atoms with Crippen LogP contribution < -0.4 is 5.73 Å². The van der Waals surface area contributed by atoms with Gasteiger partial charge in [-0.05, 0) is 18.1 Å². The van der Waals surface area contributed by atoms with E-state index in [1.165, 1.54) is 4.90 Å². The summed E-state index contributed by atoms with van der Waals surface area (Å²) in [7, 11) is 1.04. The van der Waals surface area contributed by atoms with Crippen LogP contribution >= 0.6 is 0 Å². The number of amidine groups is 2. The summed E-state index contributed by atoms with van der Waals surface area (Å²) in [5.74, 6) is -4.47. The Kier molecular flexibility index (Phi) is 6.93. The molecule has 160 valence electrons. The van der Waals surface area contributed by atoms with E-state index in [1.807, 2.05) is 0 Å². The molecule has 0 saturated carbocycles. The molecule has 29 heavy (non-hydrogen) atoms. The van der Waals surface area contributed by atoms with Crippen LogP contribution in [-0.4, -0.2) is 60.4 Å². The molecule has 1 aliphatic heterocycles. The first kappa shape index (κ1) is 22.7. The van der Waals surface area contributed by atoms with Crippen molar-refractivity contribution in [2.45, 2.75) is 25.1 Å². The van der Waals surface area contributed by atoms with Crippen molar-refractivity contribution in [3.05, 3.63) is 47.4 Å². The first-order valence-electron chi connectivity index (χ1n) is 8.64. The Balaban J connectivity index is 1.97. The monoisotopic (exact) mass is 421 g/mol. The van der Waals surface area contributed by atoms with E-state index in [0.717, 1.165) is 18.0 Å². The zero-order chi connectivity index (χ0) is 21.9. The largest absolute Gasteiger partial charge is 0.449 e. The Hall–Kier alpha value is -2.56. The number of hydrogen-bond acceptors (Lipinski definition) is 3. The van der Waals surface area contributed by atoms with Crippen LogP contribution in [0.5, 0.6) is 0 Å². The summed E-state index contributed by atoms with van der Waals surface area (Å²) in [6.07, 6.45) is -4.78. The van der Waals surface area contributed by atoms with Gasteiger partial charge in [0, 0.05) is 44.4 Å². The number of benzene rings is 1. The standard InChI is InChI=1S/C18H21F6N5/c1-10-9-28(3-4-29(10)17(27-2)18(22,23)24)16(26)7-12(25)5-11-6-14(20)15(21)8-13(11)19/h6,8,12,26H,1,3-5,7,9,25H2,2H3. The van der Waals surface area contributed by atoms with Crippen LogP contribution in [0.25, 0.3) is 0 Å². The maximum Gasteiger partial charge on any atom is 0.449 e. The fourth-order valence-corrected chi connectivity index (χ4v) is 3.10. The van der Waals surface area contributed by atoms with Crippen LogP contribution in [0.3, 0.4) is 0 Å². The van der Waals surface area contributed by atoms with E-state index >= 15 is 0 Å². The van der Waals surface area contributed by atoms with Crippen LogP contribution in [0, 0.1) is 22.9 Å². The third-order valence-corrected chi connectivity index (χ3v) is 4.48. The number of nitrogens with zero attached hydrogens (tertiary/aromatic N) is 3. The van der Waals surface area contributed by atoms with E-state index < -0.39 is 35.5 Å². The van der Waals surface area contributed by atoms with Crippen molar-refractivity contribution in [3.8, 4) is 0 Å². The van der Waals surface area contributed by atoms with E-state index in [9.17, 15) is 26.3 Å². The number of rotatable bonds is 4. The first-order chi connectivity index (χ1) is 13.4. The van der Waals surface area contributed by atoms with Crippen LogP contribution in [0.15, 0.2) is 29.4 Å². The summed E-state index contributed by atoms with van der Waals surface area (Å²) in [5, 5.41) is 8.15. The summed E-state index contributed by atoms with van der Waals surface area (Å²) in [6.45, 7) is 3.65. The third-order valence-electron chi connectivity index (χ3n) is 4.48. The molecule has 1 aromatic carbocycles. The minimum absolute atomic E-state index is 0.0276. The Bertz CT molecular complexity index is 820. The average Bonchev–Trinajstić information content (AvgIpc) is 2.60. The molecule has 1 aliphatic rings. The molecule has 0 amide bonds. The summed E-state index contributed by atoms with van der Waals surface area (Å²) in [6, 6.07) is 0.382. The lowest BCUT2D eigenvalue weighted by Crippen LogP contribution is -2.52. The molecular formula is C18H21F6N5. The Morgan fingerprint density at radius 2 is 1.83 bits per heavy atom. The number of hydrogen-bond donors (Lipinski definition) is 2. The molecular weight excluding hydrogens is 400 g/mol. The molecule has 0 radical (unpaired) electrons. The minimum atomic E-state index is -4.62. The van der Waals surface area contributed by atoms with Gasteiger partial charge >= 0.3 is 6.18 Å². The maximum atomic E-state index is 13.7. The lowest BCUT2D eigenvalue weighted by molar-refractivity contribution is -0.0683. The van der Waals surface area contributed by atoms with Gasteiger partial charge in [0.05, 0.1) is 12.4 Å². The smallest absolute Gasteiger partial charge is 0.353 e. The van der Waals surface area contributed by atoms with Crippen LogP contribution in [-0.2, 0) is 6.42 Å². The quantitative estimate of drug-likeness (QED) is 0.340. The predicted molar refractivity (Wildman–Crippen MR) is 97.2 cm³/mol. The van der Waals surface area contributed by atoms with E-state index in [1.54, 1.807) is 0 Å². The topological polar surface area (TPSA) is 68.7 Å². The molecule has 5 nitrogen and oxygen atoms in total. The lowest BCUT2D eigenvalue weighted by atomic mass is 10.0. The number of nitrogens with one attached hydrogen (secondary N) is 1. The normalized spacial score (nSPS) is 17.0. The number of aliphatic imine (C=N–C) groups is 1. The molecule has 1 atom stereocenters. The van der Waals surface area contributed by atoms with Crippen molar-refractivity contribution in [2.75, 3.05) is 26.7 Å². The van der Waals surface area contributed by atoms with Gasteiger partial charge in [0.15, 0.2) is 11.6 Å². The number of nitrogens with two attached hydrogens (primary N) is 1. The molecule has 11 heteroatoms. The van der Waals surface area contributed by atoms with E-state index in [2.05, 4.69) is 11.6 Å².